The van der Waals surface area contributed by atoms with Gasteiger partial charge >= 0.3 is 0 Å². The first kappa shape index (κ1) is 25.4. The number of furan rings is 1. The number of hydrogen-bond donors (Lipinski definition) is 0. The van der Waals surface area contributed by atoms with Gasteiger partial charge in [-0.15, -0.1) is 0 Å². The highest BCUT2D eigenvalue weighted by atomic mass is 16.3. The number of para-hydroxylation sites is 2. The summed E-state index contributed by atoms with van der Waals surface area (Å²) in [5.74, 6) is 0. The Morgan fingerprint density at radius 2 is 1.07 bits per heavy atom. The van der Waals surface area contributed by atoms with Crippen LogP contribution in [-0.4, -0.2) is 0 Å². The van der Waals surface area contributed by atoms with E-state index in [1.807, 2.05) is 6.07 Å². The zero-order chi connectivity index (χ0) is 29.8. The maximum Gasteiger partial charge on any atom is 0.159 e. The molecule has 6 aromatic carbocycles. The monoisotopic (exact) mass is 567 g/mol. The van der Waals surface area contributed by atoms with Gasteiger partial charge in [0.15, 0.2) is 5.58 Å². The fraction of sp³-hybridized carbons (Fsp3) is 0.143. The molecule has 0 saturated heterocycles. The quantitative estimate of drug-likeness (QED) is 0.211. The van der Waals surface area contributed by atoms with Gasteiger partial charge in [0.2, 0.25) is 0 Å². The van der Waals surface area contributed by atoms with Crippen LogP contribution in [-0.2, 0) is 10.8 Å². The van der Waals surface area contributed by atoms with Gasteiger partial charge in [0.25, 0.3) is 0 Å². The van der Waals surface area contributed by atoms with Gasteiger partial charge in [-0.3, -0.25) is 0 Å². The lowest BCUT2D eigenvalue weighted by Crippen LogP contribution is -2.17. The van der Waals surface area contributed by atoms with E-state index in [0.29, 0.717) is 0 Å². The van der Waals surface area contributed by atoms with Crippen LogP contribution in [0.1, 0.15) is 49.9 Å². The van der Waals surface area contributed by atoms with Crippen molar-refractivity contribution >= 4 is 39.0 Å². The van der Waals surface area contributed by atoms with E-state index >= 15 is 0 Å². The van der Waals surface area contributed by atoms with Gasteiger partial charge < -0.3 is 9.32 Å². The molecule has 2 heteroatoms. The molecule has 0 unspecified atom stereocenters. The molecule has 0 spiro atoms. The molecule has 0 saturated carbocycles. The minimum atomic E-state index is -0.105. The maximum absolute atomic E-state index is 6.68. The third-order valence-electron chi connectivity index (χ3n) is 10.3. The van der Waals surface area contributed by atoms with Crippen LogP contribution in [0, 0.1) is 0 Å². The van der Waals surface area contributed by atoms with Crippen LogP contribution in [0.2, 0.25) is 0 Å². The second-order valence-corrected chi connectivity index (χ2v) is 13.4. The minimum absolute atomic E-state index is 0.0967. The molecule has 9 rings (SSSR count). The average molecular weight is 568 g/mol. The van der Waals surface area contributed by atoms with Gasteiger partial charge in [-0.25, -0.2) is 0 Å². The van der Waals surface area contributed by atoms with Crippen LogP contribution >= 0.6 is 0 Å². The van der Waals surface area contributed by atoms with E-state index in [1.165, 1.54) is 50.2 Å². The Balaban J connectivity index is 1.36. The lowest BCUT2D eigenvalue weighted by Gasteiger charge is -2.30. The van der Waals surface area contributed by atoms with Crippen LogP contribution in [0.5, 0.6) is 0 Å². The highest BCUT2D eigenvalue weighted by molar-refractivity contribution is 6.11. The Morgan fingerprint density at radius 3 is 1.91 bits per heavy atom. The molecule has 1 heterocycles. The Bertz CT molecular complexity index is 2300. The van der Waals surface area contributed by atoms with Crippen molar-refractivity contribution in [3.8, 4) is 22.3 Å². The van der Waals surface area contributed by atoms with Gasteiger partial charge in [0.1, 0.15) is 5.58 Å². The number of benzene rings is 6. The molecule has 0 bridgehead atoms. The molecular weight excluding hydrogens is 534 g/mol. The number of anilines is 3. The fourth-order valence-electron chi connectivity index (χ4n) is 8.07. The third kappa shape index (κ3) is 3.26. The molecule has 0 radical (unpaired) electrons. The number of fused-ring (bicyclic) bond motifs is 9. The summed E-state index contributed by atoms with van der Waals surface area (Å²) in [5.41, 5.74) is 15.7. The lowest BCUT2D eigenvalue weighted by molar-refractivity contribution is 0.660. The van der Waals surface area contributed by atoms with E-state index in [9.17, 15) is 0 Å². The number of hydrogen-bond acceptors (Lipinski definition) is 2. The fourth-order valence-corrected chi connectivity index (χ4v) is 8.07. The van der Waals surface area contributed by atoms with Crippen molar-refractivity contribution in [2.75, 3.05) is 4.90 Å². The SMILES string of the molecule is CC1(C)c2ccccc2-c2ccc(N(c3cccc4c3-c3ccccc3C4(C)C)c3cccc4c3oc3ccccc34)cc21. The van der Waals surface area contributed by atoms with Gasteiger partial charge in [-0.05, 0) is 69.3 Å². The van der Waals surface area contributed by atoms with Crippen LogP contribution in [0.15, 0.2) is 132 Å². The van der Waals surface area contributed by atoms with Crippen molar-refractivity contribution in [3.63, 3.8) is 0 Å². The van der Waals surface area contributed by atoms with E-state index in [-0.39, 0.29) is 10.8 Å². The van der Waals surface area contributed by atoms with Crippen LogP contribution in [0.3, 0.4) is 0 Å². The lowest BCUT2D eigenvalue weighted by atomic mass is 9.82. The topological polar surface area (TPSA) is 16.4 Å². The minimum Gasteiger partial charge on any atom is -0.454 e. The summed E-state index contributed by atoms with van der Waals surface area (Å²) < 4.78 is 6.68. The Kier molecular flexibility index (Phi) is 5.05. The molecule has 0 N–H and O–H groups in total. The van der Waals surface area contributed by atoms with E-state index in [4.69, 9.17) is 4.42 Å². The molecule has 0 amide bonds. The molecule has 2 aliphatic rings. The van der Waals surface area contributed by atoms with E-state index < -0.39 is 0 Å². The largest absolute Gasteiger partial charge is 0.454 e. The maximum atomic E-state index is 6.68. The van der Waals surface area contributed by atoms with Crippen molar-refractivity contribution in [1.29, 1.82) is 0 Å². The summed E-state index contributed by atoms with van der Waals surface area (Å²) in [5, 5.41) is 2.27. The zero-order valence-corrected chi connectivity index (χ0v) is 25.5. The second-order valence-electron chi connectivity index (χ2n) is 13.4. The molecule has 0 atom stereocenters. The van der Waals surface area contributed by atoms with Crippen molar-refractivity contribution in [3.05, 3.63) is 150 Å². The van der Waals surface area contributed by atoms with Crippen molar-refractivity contribution in [2.24, 2.45) is 0 Å². The molecule has 2 nitrogen and oxygen atoms in total. The number of nitrogens with zero attached hydrogens (tertiary/aromatic N) is 1. The Labute approximate surface area is 258 Å². The summed E-state index contributed by atoms with van der Waals surface area (Å²) in [6.45, 7) is 9.40. The smallest absolute Gasteiger partial charge is 0.159 e. The summed E-state index contributed by atoms with van der Waals surface area (Å²) >= 11 is 0. The standard InChI is InChI=1S/C42H33NO/c1-41(2)33-18-9-6-15-31(33)39-34(41)19-12-20-36(39)43(37-21-11-16-30-29-14-7-10-22-38(29)44-40(30)37)26-23-24-28-27-13-5-8-17-32(27)42(3,4)35(28)25-26/h5-25H,1-4H3. The molecular formula is C42H33NO. The van der Waals surface area contributed by atoms with E-state index in [0.717, 1.165) is 33.3 Å². The van der Waals surface area contributed by atoms with Gasteiger partial charge in [0.05, 0.1) is 11.4 Å². The van der Waals surface area contributed by atoms with Crippen LogP contribution in [0.25, 0.3) is 44.2 Å². The van der Waals surface area contributed by atoms with E-state index in [1.54, 1.807) is 0 Å². The first-order chi connectivity index (χ1) is 21.4. The summed E-state index contributed by atoms with van der Waals surface area (Å²) in [6.07, 6.45) is 0. The predicted octanol–water partition coefficient (Wildman–Crippen LogP) is 11.7. The molecule has 0 aliphatic heterocycles. The normalized spacial score (nSPS) is 15.2. The van der Waals surface area contributed by atoms with Gasteiger partial charge in [-0.1, -0.05) is 125 Å². The highest BCUT2D eigenvalue weighted by Gasteiger charge is 2.39. The number of rotatable bonds is 3. The zero-order valence-electron chi connectivity index (χ0n) is 25.5. The first-order valence-corrected chi connectivity index (χ1v) is 15.5. The highest BCUT2D eigenvalue weighted by Crippen LogP contribution is 2.56. The average Bonchev–Trinajstić information content (AvgIpc) is 3.62. The molecule has 1 aromatic heterocycles. The predicted molar refractivity (Wildman–Crippen MR) is 184 cm³/mol. The molecule has 7 aromatic rings. The van der Waals surface area contributed by atoms with Crippen molar-refractivity contribution in [1.82, 2.24) is 0 Å². The van der Waals surface area contributed by atoms with Crippen LogP contribution in [0.4, 0.5) is 17.1 Å². The summed E-state index contributed by atoms with van der Waals surface area (Å²) in [7, 11) is 0. The van der Waals surface area contributed by atoms with Gasteiger partial charge in [-0.2, -0.15) is 0 Å². The first-order valence-electron chi connectivity index (χ1n) is 15.5. The van der Waals surface area contributed by atoms with Crippen molar-refractivity contribution < 1.29 is 4.42 Å². The summed E-state index contributed by atoms with van der Waals surface area (Å²) in [4.78, 5) is 2.45. The van der Waals surface area contributed by atoms with E-state index in [2.05, 4.69) is 154 Å². The molecule has 0 fully saturated rings. The van der Waals surface area contributed by atoms with Crippen molar-refractivity contribution in [2.45, 2.75) is 38.5 Å². The van der Waals surface area contributed by atoms with Crippen LogP contribution < -0.4 is 4.90 Å². The molecule has 44 heavy (non-hydrogen) atoms. The Hall–Kier alpha value is -5.08. The molecule has 2 aliphatic carbocycles. The Morgan fingerprint density at radius 1 is 0.477 bits per heavy atom. The van der Waals surface area contributed by atoms with Gasteiger partial charge in [0, 0.05) is 32.9 Å². The second kappa shape index (κ2) is 8.74. The third-order valence-corrected chi connectivity index (χ3v) is 10.3. The summed E-state index contributed by atoms with van der Waals surface area (Å²) in [6, 6.07) is 46.5. The molecule has 212 valence electrons.